The van der Waals surface area contributed by atoms with E-state index in [0.29, 0.717) is 31.2 Å². The predicted octanol–water partition coefficient (Wildman–Crippen LogP) is 4.44. The molecule has 2 aromatic rings. The second-order valence-corrected chi connectivity index (χ2v) is 8.73. The van der Waals surface area contributed by atoms with Gasteiger partial charge < -0.3 is 24.1 Å². The molecule has 1 unspecified atom stereocenters. The van der Waals surface area contributed by atoms with Crippen LogP contribution in [0.2, 0.25) is 0 Å². The fourth-order valence-electron chi connectivity index (χ4n) is 4.58. The number of carbonyl (C=O) groups is 2. The Balaban J connectivity index is 1.67. The van der Waals surface area contributed by atoms with Crippen molar-refractivity contribution in [2.75, 3.05) is 32.8 Å². The van der Waals surface area contributed by atoms with Crippen LogP contribution in [0, 0.1) is 6.92 Å². The van der Waals surface area contributed by atoms with Crippen LogP contribution in [0.25, 0.3) is 0 Å². The van der Waals surface area contributed by atoms with Crippen LogP contribution >= 0.6 is 0 Å². The number of ether oxygens (including phenoxy) is 1. The number of benzene rings is 1. The Labute approximate surface area is 194 Å². The summed E-state index contributed by atoms with van der Waals surface area (Å²) in [6.07, 6.45) is 4.41. The van der Waals surface area contributed by atoms with Gasteiger partial charge in [0.05, 0.1) is 18.2 Å². The maximum atomic E-state index is 13.4. The van der Waals surface area contributed by atoms with E-state index in [1.165, 1.54) is 6.42 Å². The first kappa shape index (κ1) is 23.1. The molecule has 0 bridgehead atoms. The monoisotopic (exact) mass is 452 g/mol. The molecule has 1 aromatic heterocycles. The number of aryl methyl sites for hydroxylation is 1. The largest absolute Gasteiger partial charge is 0.503 e. The Kier molecular flexibility index (Phi) is 7.18. The van der Waals surface area contributed by atoms with E-state index in [1.54, 1.807) is 24.0 Å². The number of Topliss-reactive ketones (excluding diaryl/α,β-unsaturated/α-hetero) is 1. The third-order valence-corrected chi connectivity index (χ3v) is 6.26. The molecule has 0 saturated carbocycles. The van der Waals surface area contributed by atoms with Crippen molar-refractivity contribution in [3.63, 3.8) is 0 Å². The highest BCUT2D eigenvalue weighted by molar-refractivity contribution is 6.15. The maximum absolute atomic E-state index is 13.4. The van der Waals surface area contributed by atoms with Crippen molar-refractivity contribution in [3.05, 3.63) is 64.8 Å². The fourth-order valence-corrected chi connectivity index (χ4v) is 4.58. The Morgan fingerprint density at radius 3 is 2.64 bits per heavy atom. The van der Waals surface area contributed by atoms with E-state index in [4.69, 9.17) is 9.15 Å². The molecule has 0 radical (unpaired) electrons. The van der Waals surface area contributed by atoms with Gasteiger partial charge in [0, 0.05) is 13.1 Å². The van der Waals surface area contributed by atoms with Gasteiger partial charge in [-0.15, -0.1) is 0 Å². The number of nitrogens with zero attached hydrogens (tertiary/aromatic N) is 2. The van der Waals surface area contributed by atoms with E-state index in [0.717, 1.165) is 37.9 Å². The minimum atomic E-state index is -0.703. The van der Waals surface area contributed by atoms with E-state index in [9.17, 15) is 14.7 Å². The quantitative estimate of drug-likeness (QED) is 0.567. The van der Waals surface area contributed by atoms with Gasteiger partial charge in [-0.05, 0) is 69.1 Å². The average Bonchev–Trinajstić information content (AvgIpc) is 3.38. The SMILES string of the molecule is CCCOc1cccc(C2C(C(=O)c3ccc(C)o3)=C(O)C(=O)N2CCN2CCCCC2)c1. The molecule has 1 fully saturated rings. The zero-order valence-corrected chi connectivity index (χ0v) is 19.4. The van der Waals surface area contributed by atoms with E-state index in [2.05, 4.69) is 4.90 Å². The number of aliphatic hydroxyl groups excluding tert-OH is 1. The van der Waals surface area contributed by atoms with Crippen molar-refractivity contribution in [1.82, 2.24) is 9.80 Å². The van der Waals surface area contributed by atoms with Crippen LogP contribution in [0.5, 0.6) is 5.75 Å². The molecule has 2 aliphatic heterocycles. The summed E-state index contributed by atoms with van der Waals surface area (Å²) >= 11 is 0. The highest BCUT2D eigenvalue weighted by Gasteiger charge is 2.44. The number of likely N-dealkylation sites (tertiary alicyclic amines) is 1. The number of aliphatic hydroxyl groups is 1. The van der Waals surface area contributed by atoms with Gasteiger partial charge in [-0.2, -0.15) is 0 Å². The van der Waals surface area contributed by atoms with Crippen LogP contribution in [0.4, 0.5) is 0 Å². The van der Waals surface area contributed by atoms with Crippen molar-refractivity contribution in [1.29, 1.82) is 0 Å². The molecule has 176 valence electrons. The second kappa shape index (κ2) is 10.3. The van der Waals surface area contributed by atoms with Gasteiger partial charge in [0.25, 0.3) is 5.91 Å². The Morgan fingerprint density at radius 2 is 1.94 bits per heavy atom. The standard InChI is InChI=1S/C26H32N2O5/c1-3-16-32-20-9-7-8-19(17-20)23-22(24(29)21-11-10-18(2)33-21)25(30)26(31)28(23)15-14-27-12-5-4-6-13-27/h7-11,17,23,30H,3-6,12-16H2,1-2H3. The van der Waals surface area contributed by atoms with Gasteiger partial charge in [-0.25, -0.2) is 0 Å². The molecular weight excluding hydrogens is 420 g/mol. The van der Waals surface area contributed by atoms with Gasteiger partial charge in [-0.1, -0.05) is 25.5 Å². The first-order valence-corrected chi connectivity index (χ1v) is 11.8. The van der Waals surface area contributed by atoms with Crippen molar-refractivity contribution in [2.24, 2.45) is 0 Å². The van der Waals surface area contributed by atoms with Crippen LogP contribution < -0.4 is 4.74 Å². The average molecular weight is 453 g/mol. The van der Waals surface area contributed by atoms with E-state index < -0.39 is 23.5 Å². The molecule has 0 aliphatic carbocycles. The highest BCUT2D eigenvalue weighted by atomic mass is 16.5. The molecule has 3 heterocycles. The lowest BCUT2D eigenvalue weighted by Gasteiger charge is -2.31. The van der Waals surface area contributed by atoms with E-state index >= 15 is 0 Å². The van der Waals surface area contributed by atoms with Crippen molar-refractivity contribution in [2.45, 2.75) is 45.6 Å². The molecule has 1 aromatic carbocycles. The topological polar surface area (TPSA) is 83.2 Å². The van der Waals surface area contributed by atoms with Crippen LogP contribution in [0.1, 0.15) is 60.5 Å². The number of carbonyl (C=O) groups excluding carboxylic acids is 2. The number of amides is 1. The minimum Gasteiger partial charge on any atom is -0.503 e. The number of hydrogen-bond acceptors (Lipinski definition) is 6. The number of furan rings is 1. The lowest BCUT2D eigenvalue weighted by molar-refractivity contribution is -0.129. The van der Waals surface area contributed by atoms with Crippen molar-refractivity contribution < 1.29 is 23.8 Å². The highest BCUT2D eigenvalue weighted by Crippen LogP contribution is 2.40. The fraction of sp³-hybridized carbons (Fsp3) is 0.462. The summed E-state index contributed by atoms with van der Waals surface area (Å²) in [6.45, 7) is 7.48. The Morgan fingerprint density at radius 1 is 1.15 bits per heavy atom. The summed E-state index contributed by atoms with van der Waals surface area (Å²) in [7, 11) is 0. The zero-order chi connectivity index (χ0) is 23.4. The third kappa shape index (κ3) is 4.98. The molecule has 1 amide bonds. The lowest BCUT2D eigenvalue weighted by atomic mass is 9.95. The second-order valence-electron chi connectivity index (χ2n) is 8.73. The first-order chi connectivity index (χ1) is 16.0. The third-order valence-electron chi connectivity index (χ3n) is 6.26. The summed E-state index contributed by atoms with van der Waals surface area (Å²) in [5.41, 5.74) is 0.784. The molecule has 0 spiro atoms. The van der Waals surface area contributed by atoms with Gasteiger partial charge in [0.1, 0.15) is 11.5 Å². The number of ketones is 1. The summed E-state index contributed by atoms with van der Waals surface area (Å²) in [4.78, 5) is 30.5. The number of rotatable bonds is 9. The molecule has 7 heteroatoms. The van der Waals surface area contributed by atoms with Crippen molar-refractivity contribution >= 4 is 11.7 Å². The summed E-state index contributed by atoms with van der Waals surface area (Å²) in [5, 5.41) is 10.8. The number of piperidine rings is 1. The van der Waals surface area contributed by atoms with Crippen molar-refractivity contribution in [3.8, 4) is 5.75 Å². The molecular formula is C26H32N2O5. The van der Waals surface area contributed by atoms with Crippen LogP contribution in [0.15, 0.2) is 52.1 Å². The van der Waals surface area contributed by atoms with Gasteiger partial charge in [0.2, 0.25) is 5.78 Å². The Bertz CT molecular complexity index is 1030. The van der Waals surface area contributed by atoms with E-state index in [-0.39, 0.29) is 11.3 Å². The lowest BCUT2D eigenvalue weighted by Crippen LogP contribution is -2.40. The minimum absolute atomic E-state index is 0.0561. The smallest absolute Gasteiger partial charge is 0.290 e. The molecule has 2 aliphatic rings. The molecule has 1 N–H and O–H groups in total. The zero-order valence-electron chi connectivity index (χ0n) is 19.4. The maximum Gasteiger partial charge on any atom is 0.290 e. The van der Waals surface area contributed by atoms with Crippen LogP contribution in [-0.4, -0.2) is 59.4 Å². The molecule has 4 rings (SSSR count). The first-order valence-electron chi connectivity index (χ1n) is 11.8. The van der Waals surface area contributed by atoms with Crippen LogP contribution in [-0.2, 0) is 4.79 Å². The van der Waals surface area contributed by atoms with Gasteiger partial charge >= 0.3 is 0 Å². The van der Waals surface area contributed by atoms with Gasteiger partial charge in [-0.3, -0.25) is 9.59 Å². The molecule has 7 nitrogen and oxygen atoms in total. The normalized spacial score (nSPS) is 19.4. The number of hydrogen-bond donors (Lipinski definition) is 1. The molecule has 1 atom stereocenters. The van der Waals surface area contributed by atoms with Crippen LogP contribution in [0.3, 0.4) is 0 Å². The molecule has 1 saturated heterocycles. The van der Waals surface area contributed by atoms with Gasteiger partial charge in [0.15, 0.2) is 11.5 Å². The van der Waals surface area contributed by atoms with E-state index in [1.807, 2.05) is 31.2 Å². The summed E-state index contributed by atoms with van der Waals surface area (Å²) in [6, 6.07) is 9.99. The predicted molar refractivity (Wildman–Crippen MR) is 124 cm³/mol. The summed E-state index contributed by atoms with van der Waals surface area (Å²) in [5.74, 6) is -0.121. The Hall–Kier alpha value is -3.06. The molecule has 33 heavy (non-hydrogen) atoms. The summed E-state index contributed by atoms with van der Waals surface area (Å²) < 4.78 is 11.3.